The molecule has 0 atom stereocenters. The van der Waals surface area contributed by atoms with E-state index in [2.05, 4.69) is 10.2 Å². The fraction of sp³-hybridized carbons (Fsp3) is 0.556. The minimum Gasteiger partial charge on any atom is -0.462 e. The smallest absolute Gasteiger partial charge is 0.340 e. The van der Waals surface area contributed by atoms with Crippen molar-refractivity contribution < 1.29 is 19.1 Å². The predicted molar refractivity (Wildman–Crippen MR) is 95.9 cm³/mol. The summed E-state index contributed by atoms with van der Waals surface area (Å²) in [5.74, 6) is -0.429. The van der Waals surface area contributed by atoms with Gasteiger partial charge in [-0.15, -0.1) is 0 Å². The number of anilines is 1. The van der Waals surface area contributed by atoms with E-state index < -0.39 is 5.97 Å². The molecule has 1 aromatic carbocycles. The molecule has 2 rings (SSSR count). The number of ether oxygens (including phenoxy) is 2. The number of carbonyl (C=O) groups excluding carboxylic acids is 2. The number of esters is 1. The largest absolute Gasteiger partial charge is 0.462 e. The van der Waals surface area contributed by atoms with Crippen molar-refractivity contribution in [1.29, 1.82) is 0 Å². The summed E-state index contributed by atoms with van der Waals surface area (Å²) in [5.41, 5.74) is 0.851. The van der Waals surface area contributed by atoms with E-state index in [9.17, 15) is 9.59 Å². The van der Waals surface area contributed by atoms with Crippen LogP contribution in [0.15, 0.2) is 24.3 Å². The molecule has 0 aliphatic carbocycles. The molecule has 1 aliphatic heterocycles. The third-order valence-electron chi connectivity index (χ3n) is 4.15. The van der Waals surface area contributed by atoms with Gasteiger partial charge in [-0.3, -0.25) is 4.90 Å². The van der Waals surface area contributed by atoms with Crippen LogP contribution in [-0.2, 0) is 9.47 Å². The standard InChI is InChI=1S/C18H27N3O4/c1-3-25-17(22)15-7-4-5-8-16(15)19-18(23)21-12-10-20(11-13-21)9-6-14-24-2/h4-5,7-8H,3,6,9-14H2,1-2H3,(H,19,23). The first-order chi connectivity index (χ1) is 12.2. The van der Waals surface area contributed by atoms with Gasteiger partial charge in [0.05, 0.1) is 17.9 Å². The first kappa shape index (κ1) is 19.2. The van der Waals surface area contributed by atoms with Gasteiger partial charge in [0.2, 0.25) is 0 Å². The quantitative estimate of drug-likeness (QED) is 0.603. The van der Waals surface area contributed by atoms with Crippen molar-refractivity contribution in [1.82, 2.24) is 9.80 Å². The second kappa shape index (κ2) is 10.0. The average molecular weight is 349 g/mol. The number of amides is 2. The molecule has 1 aliphatic rings. The SMILES string of the molecule is CCOC(=O)c1ccccc1NC(=O)N1CCN(CCCOC)CC1. The van der Waals surface area contributed by atoms with Gasteiger partial charge < -0.3 is 19.7 Å². The van der Waals surface area contributed by atoms with Gasteiger partial charge in [0.1, 0.15) is 0 Å². The molecule has 7 heteroatoms. The molecule has 7 nitrogen and oxygen atoms in total. The monoisotopic (exact) mass is 349 g/mol. The van der Waals surface area contributed by atoms with Crippen molar-refractivity contribution in [3.63, 3.8) is 0 Å². The summed E-state index contributed by atoms with van der Waals surface area (Å²) in [7, 11) is 1.70. The summed E-state index contributed by atoms with van der Waals surface area (Å²) < 4.78 is 10.1. The van der Waals surface area contributed by atoms with Crippen LogP contribution in [0.5, 0.6) is 0 Å². The number of hydrogen-bond acceptors (Lipinski definition) is 5. The second-order valence-electron chi connectivity index (χ2n) is 5.87. The number of methoxy groups -OCH3 is 1. The highest BCUT2D eigenvalue weighted by Crippen LogP contribution is 2.17. The summed E-state index contributed by atoms with van der Waals surface area (Å²) in [6.45, 7) is 6.81. The lowest BCUT2D eigenvalue weighted by Gasteiger charge is -2.34. The molecule has 0 aromatic heterocycles. The molecule has 0 radical (unpaired) electrons. The van der Waals surface area contributed by atoms with Crippen LogP contribution in [0.3, 0.4) is 0 Å². The summed E-state index contributed by atoms with van der Waals surface area (Å²) in [6.07, 6.45) is 0.996. The molecule has 1 N–H and O–H groups in total. The number of nitrogens with one attached hydrogen (secondary N) is 1. The maximum absolute atomic E-state index is 12.5. The third-order valence-corrected chi connectivity index (χ3v) is 4.15. The van der Waals surface area contributed by atoms with Gasteiger partial charge in [-0.05, 0) is 25.5 Å². The Morgan fingerprint density at radius 2 is 1.88 bits per heavy atom. The number of carbonyl (C=O) groups is 2. The van der Waals surface area contributed by atoms with Crippen LogP contribution in [0, 0.1) is 0 Å². The fourth-order valence-electron chi connectivity index (χ4n) is 2.78. The molecule has 0 saturated carbocycles. The molecule has 0 unspecified atom stereocenters. The third kappa shape index (κ3) is 5.72. The van der Waals surface area contributed by atoms with Crippen LogP contribution in [0.25, 0.3) is 0 Å². The summed E-state index contributed by atoms with van der Waals surface area (Å²) >= 11 is 0. The highest BCUT2D eigenvalue weighted by Gasteiger charge is 2.22. The lowest BCUT2D eigenvalue weighted by molar-refractivity contribution is 0.0527. The Morgan fingerprint density at radius 1 is 1.16 bits per heavy atom. The van der Waals surface area contributed by atoms with E-state index in [1.807, 2.05) is 0 Å². The lowest BCUT2D eigenvalue weighted by atomic mass is 10.2. The number of urea groups is 1. The zero-order valence-corrected chi connectivity index (χ0v) is 15.0. The molecule has 2 amide bonds. The molecule has 1 heterocycles. The van der Waals surface area contributed by atoms with Crippen LogP contribution >= 0.6 is 0 Å². The molecule has 1 aromatic rings. The first-order valence-electron chi connectivity index (χ1n) is 8.69. The van der Waals surface area contributed by atoms with Crippen LogP contribution in [0.4, 0.5) is 10.5 Å². The second-order valence-corrected chi connectivity index (χ2v) is 5.87. The molecular formula is C18H27N3O4. The van der Waals surface area contributed by atoms with Crippen molar-refractivity contribution in [2.24, 2.45) is 0 Å². The van der Waals surface area contributed by atoms with Crippen molar-refractivity contribution in [2.75, 3.05) is 58.4 Å². The zero-order chi connectivity index (χ0) is 18.1. The summed E-state index contributed by atoms with van der Waals surface area (Å²) in [6, 6.07) is 6.72. The molecular weight excluding hydrogens is 322 g/mol. The van der Waals surface area contributed by atoms with E-state index in [1.165, 1.54) is 0 Å². The Balaban J connectivity index is 1.88. The minimum atomic E-state index is -0.429. The maximum atomic E-state index is 12.5. The van der Waals surface area contributed by atoms with Crippen molar-refractivity contribution >= 4 is 17.7 Å². The molecule has 25 heavy (non-hydrogen) atoms. The number of piperazine rings is 1. The first-order valence-corrected chi connectivity index (χ1v) is 8.69. The van der Waals surface area contributed by atoms with Gasteiger partial charge in [-0.25, -0.2) is 9.59 Å². The molecule has 0 bridgehead atoms. The minimum absolute atomic E-state index is 0.187. The van der Waals surface area contributed by atoms with E-state index in [-0.39, 0.29) is 6.03 Å². The molecule has 1 saturated heterocycles. The van der Waals surface area contributed by atoms with Crippen molar-refractivity contribution in [3.8, 4) is 0 Å². The zero-order valence-electron chi connectivity index (χ0n) is 15.0. The Hall–Kier alpha value is -2.12. The average Bonchev–Trinajstić information content (AvgIpc) is 2.63. The molecule has 0 spiro atoms. The van der Waals surface area contributed by atoms with Gasteiger partial charge in [0.25, 0.3) is 0 Å². The summed E-state index contributed by atoms with van der Waals surface area (Å²) in [4.78, 5) is 28.6. The highest BCUT2D eigenvalue weighted by molar-refractivity contribution is 6.00. The Bertz CT molecular complexity index is 571. The normalized spacial score (nSPS) is 15.0. The van der Waals surface area contributed by atoms with Gasteiger partial charge in [-0.2, -0.15) is 0 Å². The number of para-hydroxylation sites is 1. The van der Waals surface area contributed by atoms with Crippen LogP contribution < -0.4 is 5.32 Å². The van der Waals surface area contributed by atoms with Crippen molar-refractivity contribution in [3.05, 3.63) is 29.8 Å². The van der Waals surface area contributed by atoms with E-state index in [0.29, 0.717) is 30.9 Å². The number of benzene rings is 1. The van der Waals surface area contributed by atoms with Crippen LogP contribution in [-0.4, -0.2) is 74.8 Å². The summed E-state index contributed by atoms with van der Waals surface area (Å²) in [5, 5.41) is 2.83. The number of rotatable bonds is 7. The van der Waals surface area contributed by atoms with Crippen LogP contribution in [0.1, 0.15) is 23.7 Å². The molecule has 138 valence electrons. The Labute approximate surface area is 148 Å². The van der Waals surface area contributed by atoms with E-state index >= 15 is 0 Å². The van der Waals surface area contributed by atoms with Gasteiger partial charge in [-0.1, -0.05) is 12.1 Å². The van der Waals surface area contributed by atoms with Crippen molar-refractivity contribution in [2.45, 2.75) is 13.3 Å². The Morgan fingerprint density at radius 3 is 2.56 bits per heavy atom. The van der Waals surface area contributed by atoms with E-state index in [4.69, 9.17) is 9.47 Å². The topological polar surface area (TPSA) is 71.1 Å². The molecule has 1 fully saturated rings. The highest BCUT2D eigenvalue weighted by atomic mass is 16.5. The number of nitrogens with zero attached hydrogens (tertiary/aromatic N) is 2. The maximum Gasteiger partial charge on any atom is 0.340 e. The van der Waals surface area contributed by atoms with E-state index in [1.54, 1.807) is 43.2 Å². The van der Waals surface area contributed by atoms with Gasteiger partial charge in [0, 0.05) is 46.4 Å². The van der Waals surface area contributed by atoms with Gasteiger partial charge in [0.15, 0.2) is 0 Å². The number of hydrogen-bond donors (Lipinski definition) is 1. The van der Waals surface area contributed by atoms with Crippen LogP contribution in [0.2, 0.25) is 0 Å². The Kier molecular flexibility index (Phi) is 7.69. The van der Waals surface area contributed by atoms with E-state index in [0.717, 1.165) is 32.7 Å². The fourth-order valence-corrected chi connectivity index (χ4v) is 2.78. The van der Waals surface area contributed by atoms with Gasteiger partial charge >= 0.3 is 12.0 Å². The predicted octanol–water partition coefficient (Wildman–Crippen LogP) is 2.05. The lowest BCUT2D eigenvalue weighted by Crippen LogP contribution is -2.50.